The van der Waals surface area contributed by atoms with Crippen LogP contribution < -0.4 is 5.73 Å². The molecule has 0 radical (unpaired) electrons. The highest BCUT2D eigenvalue weighted by Gasteiger charge is 2.23. The Bertz CT molecular complexity index is 583. The summed E-state index contributed by atoms with van der Waals surface area (Å²) >= 11 is 0. The minimum atomic E-state index is -0.530. The van der Waals surface area contributed by atoms with Gasteiger partial charge in [-0.1, -0.05) is 18.2 Å². The van der Waals surface area contributed by atoms with E-state index in [2.05, 4.69) is 22.1 Å². The van der Waals surface area contributed by atoms with Gasteiger partial charge in [0.1, 0.15) is 0 Å². The predicted molar refractivity (Wildman–Crippen MR) is 68.6 cm³/mol. The fraction of sp³-hybridized carbons (Fsp3) is 0.286. The monoisotopic (exact) mass is 243 g/mol. The zero-order valence-corrected chi connectivity index (χ0v) is 10.2. The van der Waals surface area contributed by atoms with Crippen molar-refractivity contribution < 1.29 is 4.39 Å². The first kappa shape index (κ1) is 11.1. The zero-order valence-electron chi connectivity index (χ0n) is 10.2. The van der Waals surface area contributed by atoms with Gasteiger partial charge in [0, 0.05) is 5.56 Å². The SMILES string of the molecule is Cc1nc(-c2cccc(C3CC3)c2)nc(N)c1F. The van der Waals surface area contributed by atoms with Gasteiger partial charge in [0.05, 0.1) is 5.69 Å². The van der Waals surface area contributed by atoms with E-state index >= 15 is 0 Å². The number of hydrogen-bond acceptors (Lipinski definition) is 3. The smallest absolute Gasteiger partial charge is 0.186 e. The molecule has 1 saturated carbocycles. The summed E-state index contributed by atoms with van der Waals surface area (Å²) in [6.07, 6.45) is 2.49. The lowest BCUT2D eigenvalue weighted by molar-refractivity contribution is 0.608. The molecular formula is C14H14FN3. The number of aryl methyl sites for hydroxylation is 1. The summed E-state index contributed by atoms with van der Waals surface area (Å²) in [4.78, 5) is 8.17. The molecule has 18 heavy (non-hydrogen) atoms. The van der Waals surface area contributed by atoms with Crippen LogP contribution in [-0.4, -0.2) is 9.97 Å². The van der Waals surface area contributed by atoms with Crippen LogP contribution in [0.1, 0.15) is 30.0 Å². The van der Waals surface area contributed by atoms with Gasteiger partial charge in [-0.25, -0.2) is 14.4 Å². The van der Waals surface area contributed by atoms with E-state index in [1.165, 1.54) is 18.4 Å². The summed E-state index contributed by atoms with van der Waals surface area (Å²) in [5, 5.41) is 0. The maximum absolute atomic E-state index is 13.4. The minimum absolute atomic E-state index is 0.0886. The number of rotatable bonds is 2. The molecule has 0 aliphatic heterocycles. The standard InChI is InChI=1S/C14H14FN3/c1-8-12(15)13(16)18-14(17-8)11-4-2-3-10(7-11)9-5-6-9/h2-4,7,9H,5-6H2,1H3,(H2,16,17,18). The van der Waals surface area contributed by atoms with Crippen LogP contribution in [0.25, 0.3) is 11.4 Å². The van der Waals surface area contributed by atoms with Crippen molar-refractivity contribution in [2.45, 2.75) is 25.7 Å². The first-order chi connectivity index (χ1) is 8.65. The van der Waals surface area contributed by atoms with E-state index in [9.17, 15) is 4.39 Å². The molecule has 1 fully saturated rings. The topological polar surface area (TPSA) is 51.8 Å². The van der Waals surface area contributed by atoms with Gasteiger partial charge < -0.3 is 5.73 Å². The molecule has 1 heterocycles. The van der Waals surface area contributed by atoms with E-state index in [0.717, 1.165) is 5.56 Å². The number of hydrogen-bond donors (Lipinski definition) is 1. The highest BCUT2D eigenvalue weighted by molar-refractivity contribution is 5.58. The van der Waals surface area contributed by atoms with Crippen LogP contribution >= 0.6 is 0 Å². The van der Waals surface area contributed by atoms with Crippen molar-refractivity contribution in [2.24, 2.45) is 0 Å². The summed E-state index contributed by atoms with van der Waals surface area (Å²) in [5.41, 5.74) is 8.03. The fourth-order valence-electron chi connectivity index (χ4n) is 2.06. The molecule has 92 valence electrons. The van der Waals surface area contributed by atoms with E-state index in [0.29, 0.717) is 11.7 Å². The van der Waals surface area contributed by atoms with Gasteiger partial charge in [0.15, 0.2) is 17.5 Å². The molecule has 3 rings (SSSR count). The molecule has 1 aromatic carbocycles. The number of aromatic nitrogens is 2. The second kappa shape index (κ2) is 4.05. The molecule has 0 bridgehead atoms. The fourth-order valence-corrected chi connectivity index (χ4v) is 2.06. The predicted octanol–water partition coefficient (Wildman–Crippen LogP) is 3.05. The van der Waals surface area contributed by atoms with E-state index < -0.39 is 5.82 Å². The number of anilines is 1. The van der Waals surface area contributed by atoms with Crippen molar-refractivity contribution in [1.29, 1.82) is 0 Å². The van der Waals surface area contributed by atoms with E-state index in [4.69, 9.17) is 5.73 Å². The quantitative estimate of drug-likeness (QED) is 0.882. The van der Waals surface area contributed by atoms with E-state index in [1.54, 1.807) is 6.92 Å². The third kappa shape index (κ3) is 1.94. The molecule has 2 aromatic rings. The molecule has 3 nitrogen and oxygen atoms in total. The van der Waals surface area contributed by atoms with Crippen molar-refractivity contribution in [1.82, 2.24) is 9.97 Å². The van der Waals surface area contributed by atoms with E-state index in [1.807, 2.05) is 12.1 Å². The lowest BCUT2D eigenvalue weighted by atomic mass is 10.1. The first-order valence-corrected chi connectivity index (χ1v) is 6.05. The summed E-state index contributed by atoms with van der Waals surface area (Å²) in [5.74, 6) is 0.546. The van der Waals surface area contributed by atoms with Crippen molar-refractivity contribution in [3.63, 3.8) is 0 Å². The van der Waals surface area contributed by atoms with Crippen LogP contribution in [0.15, 0.2) is 24.3 Å². The summed E-state index contributed by atoms with van der Waals surface area (Å²) < 4.78 is 13.4. The van der Waals surface area contributed by atoms with Gasteiger partial charge in [-0.3, -0.25) is 0 Å². The summed E-state index contributed by atoms with van der Waals surface area (Å²) in [7, 11) is 0. The van der Waals surface area contributed by atoms with Crippen LogP contribution in [0.5, 0.6) is 0 Å². The number of nitrogens with zero attached hydrogens (tertiary/aromatic N) is 2. The number of halogens is 1. The lowest BCUT2D eigenvalue weighted by Crippen LogP contribution is -2.03. The zero-order chi connectivity index (χ0) is 12.7. The number of nitrogens with two attached hydrogens (primary N) is 1. The Morgan fingerprint density at radius 1 is 1.28 bits per heavy atom. The van der Waals surface area contributed by atoms with Crippen LogP contribution in [0.2, 0.25) is 0 Å². The molecule has 0 amide bonds. The Balaban J connectivity index is 2.06. The minimum Gasteiger partial charge on any atom is -0.381 e. The highest BCUT2D eigenvalue weighted by Crippen LogP contribution is 2.40. The third-order valence-electron chi connectivity index (χ3n) is 3.24. The van der Waals surface area contributed by atoms with Crippen molar-refractivity contribution in [3.8, 4) is 11.4 Å². The molecule has 1 aliphatic carbocycles. The van der Waals surface area contributed by atoms with Gasteiger partial charge in [0.25, 0.3) is 0 Å². The molecule has 0 spiro atoms. The molecule has 1 aliphatic rings. The summed E-state index contributed by atoms with van der Waals surface area (Å²) in [6, 6.07) is 8.10. The second-order valence-corrected chi connectivity index (χ2v) is 4.73. The molecule has 2 N–H and O–H groups in total. The van der Waals surface area contributed by atoms with Gasteiger partial charge in [-0.05, 0) is 37.3 Å². The van der Waals surface area contributed by atoms with Crippen LogP contribution in [0.4, 0.5) is 10.2 Å². The lowest BCUT2D eigenvalue weighted by Gasteiger charge is -2.06. The largest absolute Gasteiger partial charge is 0.381 e. The van der Waals surface area contributed by atoms with Gasteiger partial charge in [-0.15, -0.1) is 0 Å². The normalized spacial score (nSPS) is 14.8. The Morgan fingerprint density at radius 3 is 2.72 bits per heavy atom. The van der Waals surface area contributed by atoms with Gasteiger partial charge in [0.2, 0.25) is 0 Å². The molecule has 0 unspecified atom stereocenters. The summed E-state index contributed by atoms with van der Waals surface area (Å²) in [6.45, 7) is 1.60. The molecule has 0 saturated heterocycles. The van der Waals surface area contributed by atoms with E-state index in [-0.39, 0.29) is 11.5 Å². The second-order valence-electron chi connectivity index (χ2n) is 4.73. The third-order valence-corrected chi connectivity index (χ3v) is 3.24. The van der Waals surface area contributed by atoms with Crippen LogP contribution in [0.3, 0.4) is 0 Å². The average Bonchev–Trinajstić information content (AvgIpc) is 3.20. The number of nitrogen functional groups attached to an aromatic ring is 1. The Hall–Kier alpha value is -1.97. The Kier molecular flexibility index (Phi) is 2.51. The van der Waals surface area contributed by atoms with Gasteiger partial charge >= 0.3 is 0 Å². The van der Waals surface area contributed by atoms with Crippen molar-refractivity contribution >= 4 is 5.82 Å². The Morgan fingerprint density at radius 2 is 2.06 bits per heavy atom. The maximum atomic E-state index is 13.4. The Labute approximate surface area is 105 Å². The average molecular weight is 243 g/mol. The van der Waals surface area contributed by atoms with Crippen molar-refractivity contribution in [2.75, 3.05) is 5.73 Å². The van der Waals surface area contributed by atoms with Gasteiger partial charge in [-0.2, -0.15) is 0 Å². The first-order valence-electron chi connectivity index (χ1n) is 6.05. The highest BCUT2D eigenvalue weighted by atomic mass is 19.1. The van der Waals surface area contributed by atoms with Crippen LogP contribution in [0, 0.1) is 12.7 Å². The molecule has 1 aromatic heterocycles. The number of benzene rings is 1. The van der Waals surface area contributed by atoms with Crippen molar-refractivity contribution in [3.05, 3.63) is 41.3 Å². The molecule has 4 heteroatoms. The molecule has 0 atom stereocenters. The molecular weight excluding hydrogens is 229 g/mol. The maximum Gasteiger partial charge on any atom is 0.186 e. The van der Waals surface area contributed by atoms with Crippen LogP contribution in [-0.2, 0) is 0 Å².